The van der Waals surface area contributed by atoms with Crippen molar-refractivity contribution >= 4 is 5.97 Å². The lowest BCUT2D eigenvalue weighted by Gasteiger charge is -2.39. The molecule has 18 heavy (non-hydrogen) atoms. The maximum Gasteiger partial charge on any atom is 0.316 e. The Hall–Kier alpha value is -1.45. The van der Waals surface area contributed by atoms with Crippen molar-refractivity contribution in [3.05, 3.63) is 35.9 Å². The summed E-state index contributed by atoms with van der Waals surface area (Å²) in [4.78, 5) is 11.4. The molecule has 1 saturated carbocycles. The first-order chi connectivity index (χ1) is 8.51. The van der Waals surface area contributed by atoms with Gasteiger partial charge >= 0.3 is 5.97 Å². The van der Waals surface area contributed by atoms with Gasteiger partial charge in [0.05, 0.1) is 0 Å². The molecule has 1 aliphatic carbocycles. The third-order valence-corrected chi connectivity index (χ3v) is 3.85. The predicted octanol–water partition coefficient (Wildman–Crippen LogP) is 3.81. The highest BCUT2D eigenvalue weighted by atomic mass is 19.3. The molecule has 0 radical (unpaired) electrons. The van der Waals surface area contributed by atoms with Gasteiger partial charge in [0, 0.05) is 5.56 Å². The Morgan fingerprint density at radius 2 is 1.67 bits per heavy atom. The van der Waals surface area contributed by atoms with E-state index < -0.39 is 17.3 Å². The molecule has 0 atom stereocenters. The van der Waals surface area contributed by atoms with Crippen LogP contribution in [0.3, 0.4) is 0 Å². The molecule has 0 aromatic heterocycles. The maximum atomic E-state index is 14.6. The zero-order chi connectivity index (χ0) is 13.2. The average Bonchev–Trinajstić information content (AvgIpc) is 2.40. The van der Waals surface area contributed by atoms with E-state index in [2.05, 4.69) is 0 Å². The van der Waals surface area contributed by atoms with E-state index in [0.29, 0.717) is 12.8 Å². The monoisotopic (exact) mass is 254 g/mol. The summed E-state index contributed by atoms with van der Waals surface area (Å²) in [6, 6.07) is 7.29. The van der Waals surface area contributed by atoms with Crippen LogP contribution in [0.5, 0.6) is 0 Å². The van der Waals surface area contributed by atoms with Crippen LogP contribution in [0.2, 0.25) is 0 Å². The molecule has 0 heterocycles. The van der Waals surface area contributed by atoms with Gasteiger partial charge in [0.1, 0.15) is 5.41 Å². The molecule has 1 aromatic carbocycles. The van der Waals surface area contributed by atoms with Gasteiger partial charge in [0.2, 0.25) is 0 Å². The lowest BCUT2D eigenvalue weighted by molar-refractivity contribution is -0.190. The predicted molar refractivity (Wildman–Crippen MR) is 63.5 cm³/mol. The van der Waals surface area contributed by atoms with Gasteiger partial charge in [0.25, 0.3) is 5.92 Å². The molecule has 1 N–H and O–H groups in total. The van der Waals surface area contributed by atoms with E-state index in [9.17, 15) is 18.7 Å². The fraction of sp³-hybridized carbons (Fsp3) is 0.500. The summed E-state index contributed by atoms with van der Waals surface area (Å²) in [5, 5.41) is 9.31. The Kier molecular flexibility index (Phi) is 3.37. The highest BCUT2D eigenvalue weighted by Crippen LogP contribution is 2.53. The second-order valence-corrected chi connectivity index (χ2v) is 4.89. The van der Waals surface area contributed by atoms with E-state index in [4.69, 9.17) is 0 Å². The van der Waals surface area contributed by atoms with Crippen molar-refractivity contribution in [1.29, 1.82) is 0 Å². The quantitative estimate of drug-likeness (QED) is 0.890. The number of benzene rings is 1. The van der Waals surface area contributed by atoms with Crippen molar-refractivity contribution in [2.75, 3.05) is 0 Å². The normalized spacial score (nSPS) is 19.4. The molecular weight excluding hydrogens is 238 g/mol. The molecule has 1 aliphatic rings. The molecule has 0 aliphatic heterocycles. The van der Waals surface area contributed by atoms with E-state index in [0.717, 1.165) is 6.42 Å². The molecule has 0 spiro atoms. The van der Waals surface area contributed by atoms with Gasteiger partial charge in [-0.1, -0.05) is 49.6 Å². The van der Waals surface area contributed by atoms with Gasteiger partial charge < -0.3 is 5.11 Å². The van der Waals surface area contributed by atoms with E-state index in [1.54, 1.807) is 6.07 Å². The number of rotatable bonds is 3. The first-order valence-corrected chi connectivity index (χ1v) is 6.17. The van der Waals surface area contributed by atoms with Crippen LogP contribution < -0.4 is 0 Å². The second-order valence-electron chi connectivity index (χ2n) is 4.89. The second kappa shape index (κ2) is 4.67. The topological polar surface area (TPSA) is 37.3 Å². The lowest BCUT2D eigenvalue weighted by atomic mass is 9.68. The Morgan fingerprint density at radius 1 is 1.11 bits per heavy atom. The third kappa shape index (κ3) is 1.89. The molecule has 2 rings (SSSR count). The first kappa shape index (κ1) is 13.0. The Morgan fingerprint density at radius 3 is 2.17 bits per heavy atom. The minimum absolute atomic E-state index is 0.0459. The fourth-order valence-electron chi connectivity index (χ4n) is 2.74. The van der Waals surface area contributed by atoms with Crippen LogP contribution >= 0.6 is 0 Å². The van der Waals surface area contributed by atoms with Crippen molar-refractivity contribution in [2.24, 2.45) is 5.41 Å². The maximum absolute atomic E-state index is 14.6. The van der Waals surface area contributed by atoms with E-state index in [-0.39, 0.29) is 18.4 Å². The van der Waals surface area contributed by atoms with Crippen molar-refractivity contribution in [3.63, 3.8) is 0 Å². The van der Waals surface area contributed by atoms with E-state index >= 15 is 0 Å². The molecule has 0 amide bonds. The minimum atomic E-state index is -3.32. The number of halogens is 2. The summed E-state index contributed by atoms with van der Waals surface area (Å²) in [6.07, 6.45) is 2.03. The summed E-state index contributed by atoms with van der Waals surface area (Å²) >= 11 is 0. The van der Waals surface area contributed by atoms with Crippen LogP contribution in [0.25, 0.3) is 0 Å². The average molecular weight is 254 g/mol. The molecule has 2 nitrogen and oxygen atoms in total. The lowest BCUT2D eigenvalue weighted by Crippen LogP contribution is -2.47. The van der Waals surface area contributed by atoms with Crippen LogP contribution in [-0.4, -0.2) is 11.1 Å². The smallest absolute Gasteiger partial charge is 0.316 e. The molecule has 0 unspecified atom stereocenters. The van der Waals surface area contributed by atoms with E-state index in [1.165, 1.54) is 24.3 Å². The van der Waals surface area contributed by atoms with Crippen molar-refractivity contribution < 1.29 is 18.7 Å². The number of alkyl halides is 2. The van der Waals surface area contributed by atoms with E-state index in [1.807, 2.05) is 0 Å². The molecular formula is C14H16F2O2. The third-order valence-electron chi connectivity index (χ3n) is 3.85. The van der Waals surface area contributed by atoms with Crippen LogP contribution in [-0.2, 0) is 10.7 Å². The number of carbonyl (C=O) groups is 1. The summed E-state index contributed by atoms with van der Waals surface area (Å²) in [6.45, 7) is 0. The summed E-state index contributed by atoms with van der Waals surface area (Å²) in [5.74, 6) is -4.70. The SMILES string of the molecule is O=C(O)C1(C(F)(F)c2ccccc2)CCCCC1. The van der Waals surface area contributed by atoms with Crippen molar-refractivity contribution in [1.82, 2.24) is 0 Å². The van der Waals surface area contributed by atoms with Crippen molar-refractivity contribution in [3.8, 4) is 0 Å². The van der Waals surface area contributed by atoms with Gasteiger partial charge in [-0.25, -0.2) is 8.78 Å². The number of aliphatic carboxylic acids is 1. The van der Waals surface area contributed by atoms with Crippen LogP contribution in [0.4, 0.5) is 8.78 Å². The standard InChI is InChI=1S/C14H16F2O2/c15-14(16,11-7-3-1-4-8-11)13(12(17)18)9-5-2-6-10-13/h1,3-4,7-8H,2,5-6,9-10H2,(H,17,18). The molecule has 1 aromatic rings. The summed E-state index contributed by atoms with van der Waals surface area (Å²) in [5.41, 5.74) is -2.14. The largest absolute Gasteiger partial charge is 0.481 e. The summed E-state index contributed by atoms with van der Waals surface area (Å²) < 4.78 is 29.1. The van der Waals surface area contributed by atoms with Gasteiger partial charge in [-0.15, -0.1) is 0 Å². The Balaban J connectivity index is 2.44. The first-order valence-electron chi connectivity index (χ1n) is 6.17. The van der Waals surface area contributed by atoms with Gasteiger partial charge in [-0.3, -0.25) is 4.79 Å². The summed E-state index contributed by atoms with van der Waals surface area (Å²) in [7, 11) is 0. The highest BCUT2D eigenvalue weighted by Gasteiger charge is 2.59. The minimum Gasteiger partial charge on any atom is -0.481 e. The molecule has 0 bridgehead atoms. The highest BCUT2D eigenvalue weighted by molar-refractivity contribution is 5.76. The molecule has 98 valence electrons. The number of carboxylic acid groups (broad SMARTS) is 1. The van der Waals surface area contributed by atoms with Crippen LogP contribution in [0.1, 0.15) is 37.7 Å². The number of carboxylic acids is 1. The molecule has 0 saturated heterocycles. The number of hydrogen-bond acceptors (Lipinski definition) is 1. The van der Waals surface area contributed by atoms with Crippen LogP contribution in [0, 0.1) is 5.41 Å². The number of hydrogen-bond donors (Lipinski definition) is 1. The Bertz CT molecular complexity index is 423. The molecule has 4 heteroatoms. The van der Waals surface area contributed by atoms with Crippen molar-refractivity contribution in [2.45, 2.75) is 38.0 Å². The fourth-order valence-corrected chi connectivity index (χ4v) is 2.74. The van der Waals surface area contributed by atoms with Gasteiger partial charge in [-0.05, 0) is 12.8 Å². The zero-order valence-corrected chi connectivity index (χ0v) is 10.0. The zero-order valence-electron chi connectivity index (χ0n) is 10.0. The Labute approximate surface area is 105 Å². The van der Waals surface area contributed by atoms with Gasteiger partial charge in [0.15, 0.2) is 0 Å². The van der Waals surface area contributed by atoms with Gasteiger partial charge in [-0.2, -0.15) is 0 Å². The van der Waals surface area contributed by atoms with Crippen LogP contribution in [0.15, 0.2) is 30.3 Å². The molecule has 1 fully saturated rings.